The Kier molecular flexibility index (Phi) is 5.14. The van der Waals surface area contributed by atoms with Gasteiger partial charge in [0.05, 0.1) is 30.1 Å². The third-order valence-electron chi connectivity index (χ3n) is 4.85. The number of para-hydroxylation sites is 1. The third kappa shape index (κ3) is 3.47. The van der Waals surface area contributed by atoms with Crippen LogP contribution in [0.5, 0.6) is 5.75 Å². The number of rotatable bonds is 5. The Morgan fingerprint density at radius 2 is 1.90 bits per heavy atom. The summed E-state index contributed by atoms with van der Waals surface area (Å²) >= 11 is 0. The van der Waals surface area contributed by atoms with Crippen molar-refractivity contribution < 1.29 is 18.3 Å². The minimum absolute atomic E-state index is 0.0546. The predicted octanol–water partition coefficient (Wildman–Crippen LogP) is 3.92. The first-order valence-electron chi connectivity index (χ1n) is 9.18. The molecule has 0 atom stereocenters. The van der Waals surface area contributed by atoms with E-state index in [0.717, 1.165) is 23.3 Å². The number of nitrogens with zero attached hydrogens (tertiary/aromatic N) is 3. The summed E-state index contributed by atoms with van der Waals surface area (Å²) in [6.45, 7) is 1.82. The number of aryl methyl sites for hydroxylation is 1. The van der Waals surface area contributed by atoms with Gasteiger partial charge in [-0.3, -0.25) is 4.79 Å². The summed E-state index contributed by atoms with van der Waals surface area (Å²) in [6.07, 6.45) is 3.15. The van der Waals surface area contributed by atoms with E-state index in [1.54, 1.807) is 24.7 Å². The Morgan fingerprint density at radius 1 is 1.10 bits per heavy atom. The van der Waals surface area contributed by atoms with E-state index in [1.807, 2.05) is 24.3 Å². The topological polar surface area (TPSA) is 68.5 Å². The van der Waals surface area contributed by atoms with Gasteiger partial charge in [0.2, 0.25) is 0 Å². The maximum Gasteiger partial charge on any atom is 0.254 e. The quantitative estimate of drug-likeness (QED) is 0.544. The standard InChI is InChI=1S/C22H18F2N4O2/c1-13-16(22(29)26-10-14-7-8-18(23)19(24)9-14)11-25-21-17(12-27-28(13)21)15-5-3-4-6-20(15)30-2/h3-9,11-12H,10H2,1-2H3,(H,26,29). The van der Waals surface area contributed by atoms with Gasteiger partial charge >= 0.3 is 0 Å². The predicted molar refractivity (Wildman–Crippen MR) is 107 cm³/mol. The number of halogens is 2. The lowest BCUT2D eigenvalue weighted by Crippen LogP contribution is -2.25. The third-order valence-corrected chi connectivity index (χ3v) is 4.85. The first-order chi connectivity index (χ1) is 14.5. The van der Waals surface area contributed by atoms with E-state index in [0.29, 0.717) is 28.2 Å². The van der Waals surface area contributed by atoms with Gasteiger partial charge in [-0.1, -0.05) is 24.3 Å². The minimum atomic E-state index is -0.957. The van der Waals surface area contributed by atoms with Crippen LogP contribution in [0.15, 0.2) is 54.9 Å². The van der Waals surface area contributed by atoms with Crippen LogP contribution in [0.1, 0.15) is 21.6 Å². The molecule has 0 saturated heterocycles. The summed E-state index contributed by atoms with van der Waals surface area (Å²) in [5, 5.41) is 7.08. The molecule has 2 heterocycles. The molecule has 0 aliphatic rings. The number of ether oxygens (including phenoxy) is 1. The number of methoxy groups -OCH3 is 1. The lowest BCUT2D eigenvalue weighted by molar-refractivity contribution is 0.0949. The second-order valence-electron chi connectivity index (χ2n) is 6.68. The largest absolute Gasteiger partial charge is 0.496 e. The molecule has 0 bridgehead atoms. The molecule has 0 saturated carbocycles. The van der Waals surface area contributed by atoms with E-state index in [9.17, 15) is 13.6 Å². The fraction of sp³-hybridized carbons (Fsp3) is 0.136. The highest BCUT2D eigenvalue weighted by Crippen LogP contribution is 2.32. The van der Waals surface area contributed by atoms with Crippen molar-refractivity contribution in [3.8, 4) is 16.9 Å². The van der Waals surface area contributed by atoms with Crippen LogP contribution in [-0.4, -0.2) is 27.6 Å². The molecular weight excluding hydrogens is 390 g/mol. The van der Waals surface area contributed by atoms with E-state index < -0.39 is 11.6 Å². The average Bonchev–Trinajstić information content (AvgIpc) is 3.19. The van der Waals surface area contributed by atoms with E-state index in [1.165, 1.54) is 12.3 Å². The van der Waals surface area contributed by atoms with E-state index in [2.05, 4.69) is 15.4 Å². The number of carbonyl (C=O) groups is 1. The number of hydrogen-bond donors (Lipinski definition) is 1. The Balaban J connectivity index is 1.62. The second kappa shape index (κ2) is 7.90. The van der Waals surface area contributed by atoms with Crippen LogP contribution >= 0.6 is 0 Å². The zero-order chi connectivity index (χ0) is 21.3. The van der Waals surface area contributed by atoms with Crippen LogP contribution < -0.4 is 10.1 Å². The number of amides is 1. The lowest BCUT2D eigenvalue weighted by Gasteiger charge is -2.10. The molecule has 0 spiro atoms. The Labute approximate surface area is 171 Å². The molecule has 0 radical (unpaired) electrons. The average molecular weight is 408 g/mol. The zero-order valence-electron chi connectivity index (χ0n) is 16.3. The Morgan fingerprint density at radius 3 is 2.67 bits per heavy atom. The number of carbonyl (C=O) groups excluding carboxylic acids is 1. The maximum atomic E-state index is 13.3. The molecule has 4 rings (SSSR count). The molecular formula is C22H18F2N4O2. The van der Waals surface area contributed by atoms with Crippen molar-refractivity contribution in [1.82, 2.24) is 19.9 Å². The summed E-state index contributed by atoms with van der Waals surface area (Å²) in [7, 11) is 1.60. The summed E-state index contributed by atoms with van der Waals surface area (Å²) < 4.78 is 33.4. The number of benzene rings is 2. The van der Waals surface area contributed by atoms with Crippen LogP contribution in [0.2, 0.25) is 0 Å². The van der Waals surface area contributed by atoms with Crippen LogP contribution in [0.3, 0.4) is 0 Å². The first kappa shape index (κ1) is 19.5. The molecule has 0 aliphatic carbocycles. The highest BCUT2D eigenvalue weighted by molar-refractivity contribution is 5.95. The Hall–Kier alpha value is -3.81. The van der Waals surface area contributed by atoms with Crippen molar-refractivity contribution in [1.29, 1.82) is 0 Å². The highest BCUT2D eigenvalue weighted by atomic mass is 19.2. The number of nitrogens with one attached hydrogen (secondary N) is 1. The number of fused-ring (bicyclic) bond motifs is 1. The van der Waals surface area contributed by atoms with Gasteiger partial charge in [0.25, 0.3) is 5.91 Å². The van der Waals surface area contributed by atoms with E-state index in [-0.39, 0.29) is 12.5 Å². The Bertz CT molecular complexity index is 1250. The normalized spacial score (nSPS) is 10.9. The smallest absolute Gasteiger partial charge is 0.254 e. The highest BCUT2D eigenvalue weighted by Gasteiger charge is 2.18. The van der Waals surface area contributed by atoms with Gasteiger partial charge in [0.15, 0.2) is 17.3 Å². The van der Waals surface area contributed by atoms with Crippen molar-refractivity contribution >= 4 is 11.6 Å². The molecule has 1 amide bonds. The molecule has 0 aliphatic heterocycles. The molecule has 0 fully saturated rings. The van der Waals surface area contributed by atoms with Gasteiger partial charge < -0.3 is 10.1 Å². The van der Waals surface area contributed by atoms with E-state index >= 15 is 0 Å². The van der Waals surface area contributed by atoms with Crippen molar-refractivity contribution in [3.63, 3.8) is 0 Å². The molecule has 1 N–H and O–H groups in total. The zero-order valence-corrected chi connectivity index (χ0v) is 16.3. The van der Waals surface area contributed by atoms with Gasteiger partial charge in [-0.2, -0.15) is 5.10 Å². The molecule has 6 nitrogen and oxygen atoms in total. The van der Waals surface area contributed by atoms with Crippen molar-refractivity contribution in [3.05, 3.63) is 83.3 Å². The fourth-order valence-corrected chi connectivity index (χ4v) is 3.25. The van der Waals surface area contributed by atoms with Crippen LogP contribution in [0.4, 0.5) is 8.78 Å². The number of hydrogen-bond acceptors (Lipinski definition) is 4. The van der Waals surface area contributed by atoms with Crippen LogP contribution in [-0.2, 0) is 6.54 Å². The van der Waals surface area contributed by atoms with Gasteiger partial charge in [-0.05, 0) is 30.7 Å². The molecule has 152 valence electrons. The van der Waals surface area contributed by atoms with Gasteiger partial charge in [-0.25, -0.2) is 18.3 Å². The summed E-state index contributed by atoms with van der Waals surface area (Å²) in [6, 6.07) is 11.0. The van der Waals surface area contributed by atoms with Crippen molar-refractivity contribution in [2.45, 2.75) is 13.5 Å². The number of aromatic nitrogens is 3. The molecule has 2 aromatic heterocycles. The van der Waals surface area contributed by atoms with Crippen molar-refractivity contribution in [2.24, 2.45) is 0 Å². The summed E-state index contributed by atoms with van der Waals surface area (Å²) in [5.74, 6) is -1.58. The maximum absolute atomic E-state index is 13.3. The molecule has 30 heavy (non-hydrogen) atoms. The first-order valence-corrected chi connectivity index (χ1v) is 9.18. The summed E-state index contributed by atoms with van der Waals surface area (Å²) in [4.78, 5) is 17.1. The lowest BCUT2D eigenvalue weighted by atomic mass is 10.1. The van der Waals surface area contributed by atoms with Gasteiger partial charge in [0.1, 0.15) is 5.75 Å². The van der Waals surface area contributed by atoms with Gasteiger partial charge in [0, 0.05) is 18.3 Å². The van der Waals surface area contributed by atoms with Crippen LogP contribution in [0, 0.1) is 18.6 Å². The summed E-state index contributed by atoms with van der Waals surface area (Å²) in [5.41, 5.74) is 3.60. The monoisotopic (exact) mass is 408 g/mol. The second-order valence-corrected chi connectivity index (χ2v) is 6.68. The minimum Gasteiger partial charge on any atom is -0.496 e. The van der Waals surface area contributed by atoms with Crippen molar-refractivity contribution in [2.75, 3.05) is 7.11 Å². The SMILES string of the molecule is COc1ccccc1-c1cnn2c(C)c(C(=O)NCc3ccc(F)c(F)c3)cnc12. The molecule has 4 aromatic rings. The van der Waals surface area contributed by atoms with Gasteiger partial charge in [-0.15, -0.1) is 0 Å². The molecule has 8 heteroatoms. The fourth-order valence-electron chi connectivity index (χ4n) is 3.25. The molecule has 0 unspecified atom stereocenters. The van der Waals surface area contributed by atoms with E-state index in [4.69, 9.17) is 4.74 Å². The molecule has 2 aromatic carbocycles. The van der Waals surface area contributed by atoms with Crippen LogP contribution in [0.25, 0.3) is 16.8 Å².